The summed E-state index contributed by atoms with van der Waals surface area (Å²) < 4.78 is 3.21. The van der Waals surface area contributed by atoms with Gasteiger partial charge in [0.1, 0.15) is 0 Å². The Morgan fingerprint density at radius 3 is 2.53 bits per heavy atom. The average Bonchev–Trinajstić information content (AvgIpc) is 2.72. The summed E-state index contributed by atoms with van der Waals surface area (Å²) in [6.45, 7) is 5.23. The summed E-state index contributed by atoms with van der Waals surface area (Å²) in [5.41, 5.74) is 3.88. The fraction of sp³-hybridized carbons (Fsp3) is 0.400. The van der Waals surface area contributed by atoms with Crippen LogP contribution in [0, 0.1) is 10.5 Å². The minimum absolute atomic E-state index is 0.332. The molecule has 1 heterocycles. The quantitative estimate of drug-likeness (QED) is 0.821. The number of hydrogen-bond acceptors (Lipinski definition) is 2. The van der Waals surface area contributed by atoms with E-state index in [1.165, 1.54) is 20.4 Å². The van der Waals surface area contributed by atoms with Gasteiger partial charge < -0.3 is 5.32 Å². The van der Waals surface area contributed by atoms with Crippen LogP contribution in [0.2, 0.25) is 0 Å². The highest BCUT2D eigenvalue weighted by molar-refractivity contribution is 14.1. The molecule has 1 atom stereocenters. The van der Waals surface area contributed by atoms with Gasteiger partial charge in [-0.3, -0.25) is 4.68 Å². The third-order valence-corrected chi connectivity index (χ3v) is 4.17. The summed E-state index contributed by atoms with van der Waals surface area (Å²) in [6.07, 6.45) is 2.98. The summed E-state index contributed by atoms with van der Waals surface area (Å²) in [4.78, 5) is 0. The van der Waals surface area contributed by atoms with E-state index in [-0.39, 0.29) is 0 Å². The van der Waals surface area contributed by atoms with E-state index in [0.29, 0.717) is 6.04 Å². The molecule has 1 aromatic heterocycles. The number of benzene rings is 1. The minimum atomic E-state index is 0.332. The van der Waals surface area contributed by atoms with Gasteiger partial charge in [0.2, 0.25) is 0 Å². The van der Waals surface area contributed by atoms with Crippen molar-refractivity contribution in [2.45, 2.75) is 26.3 Å². The summed E-state index contributed by atoms with van der Waals surface area (Å²) in [5.74, 6) is 0. The fourth-order valence-electron chi connectivity index (χ4n) is 2.25. The molecule has 2 aromatic rings. The Labute approximate surface area is 128 Å². The van der Waals surface area contributed by atoms with Crippen molar-refractivity contribution in [3.63, 3.8) is 0 Å². The lowest BCUT2D eigenvalue weighted by Gasteiger charge is -2.18. The Bertz CT molecular complexity index is 531. The third kappa shape index (κ3) is 3.57. The van der Waals surface area contributed by atoms with E-state index in [1.54, 1.807) is 0 Å². The molecule has 0 aliphatic carbocycles. The first kappa shape index (κ1) is 14.5. The first-order valence-electron chi connectivity index (χ1n) is 6.58. The Hall–Kier alpha value is -0.880. The topological polar surface area (TPSA) is 29.9 Å². The van der Waals surface area contributed by atoms with Crippen molar-refractivity contribution in [1.29, 1.82) is 0 Å². The number of aryl methyl sites for hydroxylation is 1. The van der Waals surface area contributed by atoms with Gasteiger partial charge in [0.05, 0.1) is 6.20 Å². The Kier molecular flexibility index (Phi) is 4.99. The van der Waals surface area contributed by atoms with E-state index in [1.807, 2.05) is 17.9 Å². The smallest absolute Gasteiger partial charge is 0.0540 e. The Morgan fingerprint density at radius 2 is 2.00 bits per heavy atom. The summed E-state index contributed by atoms with van der Waals surface area (Å²) >= 11 is 2.34. The third-order valence-electron chi connectivity index (χ3n) is 3.45. The number of nitrogens with one attached hydrogen (secondary N) is 1. The van der Waals surface area contributed by atoms with Crippen LogP contribution in [-0.2, 0) is 13.5 Å². The average molecular weight is 369 g/mol. The molecule has 2 rings (SSSR count). The predicted octanol–water partition coefficient (Wildman–Crippen LogP) is 3.23. The van der Waals surface area contributed by atoms with Crippen LogP contribution in [0.5, 0.6) is 0 Å². The van der Waals surface area contributed by atoms with E-state index >= 15 is 0 Å². The number of nitrogens with zero attached hydrogens (tertiary/aromatic N) is 2. The van der Waals surface area contributed by atoms with Gasteiger partial charge in [-0.05, 0) is 60.2 Å². The number of rotatable bonds is 5. The molecule has 102 valence electrons. The lowest BCUT2D eigenvalue weighted by Crippen LogP contribution is -2.23. The maximum absolute atomic E-state index is 4.35. The molecule has 0 bridgehead atoms. The van der Waals surface area contributed by atoms with Crippen molar-refractivity contribution < 1.29 is 0 Å². The molecule has 0 spiro atoms. The molecular weight excluding hydrogens is 349 g/mol. The number of halogens is 1. The molecule has 1 N–H and O–H groups in total. The van der Waals surface area contributed by atoms with Gasteiger partial charge in [0.15, 0.2) is 0 Å². The van der Waals surface area contributed by atoms with Crippen LogP contribution < -0.4 is 5.32 Å². The van der Waals surface area contributed by atoms with E-state index in [9.17, 15) is 0 Å². The van der Waals surface area contributed by atoms with Crippen molar-refractivity contribution in [2.24, 2.45) is 7.05 Å². The highest BCUT2D eigenvalue weighted by Gasteiger charge is 2.16. The Morgan fingerprint density at radius 1 is 1.32 bits per heavy atom. The maximum atomic E-state index is 4.35. The molecule has 0 radical (unpaired) electrons. The molecule has 0 aliphatic rings. The largest absolute Gasteiger partial charge is 0.310 e. The first-order chi connectivity index (χ1) is 9.11. The molecule has 4 heteroatoms. The lowest BCUT2D eigenvalue weighted by molar-refractivity contribution is 0.546. The van der Waals surface area contributed by atoms with Crippen LogP contribution in [0.3, 0.4) is 0 Å². The molecule has 3 nitrogen and oxygen atoms in total. The molecule has 1 unspecified atom stereocenters. The van der Waals surface area contributed by atoms with Crippen LogP contribution in [0.15, 0.2) is 30.5 Å². The van der Waals surface area contributed by atoms with Crippen molar-refractivity contribution in [1.82, 2.24) is 15.1 Å². The van der Waals surface area contributed by atoms with Gasteiger partial charge in [-0.15, -0.1) is 0 Å². The molecule has 0 saturated heterocycles. The normalized spacial score (nSPS) is 12.6. The maximum Gasteiger partial charge on any atom is 0.0540 e. The number of hydrogen-bond donors (Lipinski definition) is 1. The highest BCUT2D eigenvalue weighted by atomic mass is 127. The molecule has 0 saturated carbocycles. The second-order valence-electron chi connectivity index (χ2n) is 4.75. The van der Waals surface area contributed by atoms with Gasteiger partial charge in [0.25, 0.3) is 0 Å². The molecular formula is C15H20IN3. The van der Waals surface area contributed by atoms with Crippen molar-refractivity contribution >= 4 is 22.6 Å². The van der Waals surface area contributed by atoms with E-state index in [0.717, 1.165) is 13.0 Å². The molecule has 0 aliphatic heterocycles. The molecule has 0 fully saturated rings. The Balaban J connectivity index is 2.21. The van der Waals surface area contributed by atoms with Gasteiger partial charge in [-0.25, -0.2) is 0 Å². The zero-order valence-corrected chi connectivity index (χ0v) is 13.8. The zero-order valence-electron chi connectivity index (χ0n) is 11.7. The van der Waals surface area contributed by atoms with Crippen LogP contribution in [-0.4, -0.2) is 16.3 Å². The second kappa shape index (κ2) is 6.52. The van der Waals surface area contributed by atoms with Crippen molar-refractivity contribution in [3.8, 4) is 0 Å². The van der Waals surface area contributed by atoms with Gasteiger partial charge >= 0.3 is 0 Å². The summed E-state index contributed by atoms with van der Waals surface area (Å²) in [5, 5.41) is 7.91. The van der Waals surface area contributed by atoms with Crippen LogP contribution in [0.1, 0.15) is 29.8 Å². The molecule has 19 heavy (non-hydrogen) atoms. The van der Waals surface area contributed by atoms with E-state index in [4.69, 9.17) is 0 Å². The fourth-order valence-corrected chi connectivity index (χ4v) is 2.61. The molecule has 1 aromatic carbocycles. The predicted molar refractivity (Wildman–Crippen MR) is 87.2 cm³/mol. The van der Waals surface area contributed by atoms with Gasteiger partial charge in [-0.2, -0.15) is 5.10 Å². The van der Waals surface area contributed by atoms with Crippen LogP contribution in [0.25, 0.3) is 0 Å². The van der Waals surface area contributed by atoms with Gasteiger partial charge in [0, 0.05) is 27.9 Å². The van der Waals surface area contributed by atoms with Crippen molar-refractivity contribution in [3.05, 3.63) is 50.9 Å². The minimum Gasteiger partial charge on any atom is -0.310 e. The first-order valence-corrected chi connectivity index (χ1v) is 7.66. The standard InChI is InChI=1S/C15H20IN3/c1-4-17-15(14-10-18-19(3)11(14)2)9-12-5-7-13(16)8-6-12/h5-8,10,15,17H,4,9H2,1-3H3. The number of aromatic nitrogens is 2. The van der Waals surface area contributed by atoms with E-state index in [2.05, 4.69) is 71.1 Å². The highest BCUT2D eigenvalue weighted by Crippen LogP contribution is 2.21. The van der Waals surface area contributed by atoms with Crippen LogP contribution >= 0.6 is 22.6 Å². The van der Waals surface area contributed by atoms with Crippen LogP contribution in [0.4, 0.5) is 0 Å². The number of likely N-dealkylation sites (N-methyl/N-ethyl adjacent to an activating group) is 1. The summed E-state index contributed by atoms with van der Waals surface area (Å²) in [6, 6.07) is 9.07. The SMILES string of the molecule is CCNC(Cc1ccc(I)cc1)c1cnn(C)c1C. The summed E-state index contributed by atoms with van der Waals surface area (Å²) in [7, 11) is 1.99. The van der Waals surface area contributed by atoms with E-state index < -0.39 is 0 Å². The zero-order chi connectivity index (χ0) is 13.8. The lowest BCUT2D eigenvalue weighted by atomic mass is 9.99. The second-order valence-corrected chi connectivity index (χ2v) is 6.00. The molecule has 0 amide bonds. The monoisotopic (exact) mass is 369 g/mol. The van der Waals surface area contributed by atoms with Crippen molar-refractivity contribution in [2.75, 3.05) is 6.54 Å². The van der Waals surface area contributed by atoms with Gasteiger partial charge in [-0.1, -0.05) is 19.1 Å².